The maximum Gasteiger partial charge on any atom is 0.295 e. The maximum absolute atomic E-state index is 13.3. The number of amides is 1. The first-order valence-corrected chi connectivity index (χ1v) is 12.0. The number of H-pyrrole nitrogens is 1. The highest BCUT2D eigenvalue weighted by atomic mass is 16.5. The zero-order chi connectivity index (χ0) is 25.9. The van der Waals surface area contributed by atoms with Gasteiger partial charge in [-0.3, -0.25) is 9.59 Å². The van der Waals surface area contributed by atoms with Gasteiger partial charge in [-0.05, 0) is 77.5 Å². The Morgan fingerprint density at radius 3 is 2.43 bits per heavy atom. The van der Waals surface area contributed by atoms with Gasteiger partial charge in [0.05, 0.1) is 25.3 Å². The second kappa shape index (κ2) is 11.0. The van der Waals surface area contributed by atoms with Crippen LogP contribution < -0.4 is 9.47 Å². The first kappa shape index (κ1) is 26.3. The molecule has 2 heterocycles. The molecule has 0 radical (unpaired) electrons. The van der Waals surface area contributed by atoms with Gasteiger partial charge in [-0.25, -0.2) is 0 Å². The Bertz CT molecular complexity index is 1130. The number of aliphatic hydroxyl groups is 1. The van der Waals surface area contributed by atoms with Crippen LogP contribution in [0.1, 0.15) is 53.9 Å². The lowest BCUT2D eigenvalue weighted by Crippen LogP contribution is -2.32. The highest BCUT2D eigenvalue weighted by Crippen LogP contribution is 2.43. The van der Waals surface area contributed by atoms with Crippen molar-refractivity contribution in [1.82, 2.24) is 14.8 Å². The molecule has 1 aliphatic rings. The first-order chi connectivity index (χ1) is 16.6. The van der Waals surface area contributed by atoms with Gasteiger partial charge in [0.2, 0.25) is 0 Å². The summed E-state index contributed by atoms with van der Waals surface area (Å²) < 4.78 is 11.4. The van der Waals surface area contributed by atoms with Crippen LogP contribution in [0.5, 0.6) is 11.5 Å². The summed E-state index contributed by atoms with van der Waals surface area (Å²) in [6.07, 6.45) is 1.54. The highest BCUT2D eigenvalue weighted by Gasteiger charge is 2.46. The van der Waals surface area contributed by atoms with Crippen molar-refractivity contribution < 1.29 is 24.2 Å². The Morgan fingerprint density at radius 1 is 1.14 bits per heavy atom. The number of nitrogens with zero attached hydrogens (tertiary/aromatic N) is 2. The number of rotatable bonds is 10. The third-order valence-corrected chi connectivity index (χ3v) is 6.43. The molecule has 1 atom stereocenters. The van der Waals surface area contributed by atoms with Crippen molar-refractivity contribution in [1.29, 1.82) is 0 Å². The maximum atomic E-state index is 13.3. The van der Waals surface area contributed by atoms with Crippen LogP contribution in [0, 0.1) is 20.8 Å². The molecular weight excluding hydrogens is 446 g/mol. The topological polar surface area (TPSA) is 95.1 Å². The van der Waals surface area contributed by atoms with Crippen LogP contribution in [0.2, 0.25) is 0 Å². The van der Waals surface area contributed by atoms with E-state index in [1.165, 1.54) is 0 Å². The van der Waals surface area contributed by atoms with Gasteiger partial charge in [-0.15, -0.1) is 0 Å². The minimum absolute atomic E-state index is 0.0920. The number of likely N-dealkylation sites (tertiary alicyclic amines) is 1. The standard InChI is InChI=1S/C27H37N3O5/c1-8-14-35-20-11-10-19(15-21(20)34-7)24-23(25(31)22-16(2)17(3)28-18(22)4)26(32)27(33)30(24)13-9-12-29(5)6/h10-11,15,24,28,31H,8-9,12-14H2,1-7H3/b25-23+. The summed E-state index contributed by atoms with van der Waals surface area (Å²) in [4.78, 5) is 33.3. The Kier molecular flexibility index (Phi) is 8.27. The van der Waals surface area contributed by atoms with Gasteiger partial charge in [0, 0.05) is 23.5 Å². The SMILES string of the molecule is CCCOc1ccc(C2/C(=C(\O)c3c(C)[nH]c(C)c3C)C(=O)C(=O)N2CCCN(C)C)cc1OC. The molecule has 2 N–H and O–H groups in total. The van der Waals surface area contributed by atoms with Gasteiger partial charge in [-0.1, -0.05) is 13.0 Å². The molecule has 1 aromatic heterocycles. The molecule has 8 nitrogen and oxygen atoms in total. The number of methoxy groups -OCH3 is 1. The van der Waals surface area contributed by atoms with E-state index in [4.69, 9.17) is 9.47 Å². The number of nitrogens with one attached hydrogen (secondary N) is 1. The van der Waals surface area contributed by atoms with Crippen LogP contribution in [0.4, 0.5) is 0 Å². The number of ether oxygens (including phenoxy) is 2. The average molecular weight is 484 g/mol. The summed E-state index contributed by atoms with van der Waals surface area (Å²) in [5.41, 5.74) is 3.83. The molecule has 1 saturated heterocycles. The van der Waals surface area contributed by atoms with E-state index in [9.17, 15) is 14.7 Å². The third-order valence-electron chi connectivity index (χ3n) is 6.43. The van der Waals surface area contributed by atoms with E-state index in [2.05, 4.69) is 4.98 Å². The van der Waals surface area contributed by atoms with E-state index in [-0.39, 0.29) is 11.3 Å². The van der Waals surface area contributed by atoms with Crippen molar-refractivity contribution >= 4 is 17.4 Å². The van der Waals surface area contributed by atoms with E-state index < -0.39 is 17.7 Å². The van der Waals surface area contributed by atoms with Gasteiger partial charge < -0.3 is 29.4 Å². The van der Waals surface area contributed by atoms with E-state index >= 15 is 0 Å². The lowest BCUT2D eigenvalue weighted by Gasteiger charge is -2.26. The summed E-state index contributed by atoms with van der Waals surface area (Å²) in [7, 11) is 5.48. The van der Waals surface area contributed by atoms with Crippen LogP contribution in [0.3, 0.4) is 0 Å². The molecule has 1 fully saturated rings. The van der Waals surface area contributed by atoms with E-state index in [0.29, 0.717) is 42.2 Å². The number of carbonyl (C=O) groups excluding carboxylic acids is 2. The number of aliphatic hydroxyl groups excluding tert-OH is 1. The highest BCUT2D eigenvalue weighted by molar-refractivity contribution is 6.46. The number of aromatic amines is 1. The number of carbonyl (C=O) groups is 2. The van der Waals surface area contributed by atoms with Crippen molar-refractivity contribution in [3.63, 3.8) is 0 Å². The van der Waals surface area contributed by atoms with Crippen LogP contribution in [-0.4, -0.2) is 72.5 Å². The molecule has 0 bridgehead atoms. The molecule has 8 heteroatoms. The van der Waals surface area contributed by atoms with Crippen LogP contribution in [0.15, 0.2) is 23.8 Å². The summed E-state index contributed by atoms with van der Waals surface area (Å²) >= 11 is 0. The number of benzene rings is 1. The third kappa shape index (κ3) is 5.22. The predicted molar refractivity (Wildman–Crippen MR) is 136 cm³/mol. The minimum Gasteiger partial charge on any atom is -0.507 e. The van der Waals surface area contributed by atoms with Crippen molar-refractivity contribution in [2.24, 2.45) is 0 Å². The zero-order valence-corrected chi connectivity index (χ0v) is 21.8. The van der Waals surface area contributed by atoms with E-state index in [1.807, 2.05) is 52.8 Å². The number of Topliss-reactive ketones (excluding diaryl/α,β-unsaturated/α-hetero) is 1. The molecule has 1 unspecified atom stereocenters. The fraction of sp³-hybridized carbons (Fsp3) is 0.481. The van der Waals surface area contributed by atoms with Crippen molar-refractivity contribution in [3.8, 4) is 11.5 Å². The van der Waals surface area contributed by atoms with Gasteiger partial charge >= 0.3 is 0 Å². The molecule has 1 amide bonds. The predicted octanol–water partition coefficient (Wildman–Crippen LogP) is 4.11. The fourth-order valence-electron chi connectivity index (χ4n) is 4.60. The summed E-state index contributed by atoms with van der Waals surface area (Å²) in [6, 6.07) is 4.68. The molecule has 1 aromatic carbocycles. The summed E-state index contributed by atoms with van der Waals surface area (Å²) in [5.74, 6) is -0.341. The van der Waals surface area contributed by atoms with Crippen molar-refractivity contribution in [2.45, 2.75) is 46.6 Å². The Hall–Kier alpha value is -3.26. The number of hydrogen-bond acceptors (Lipinski definition) is 6. The van der Waals surface area contributed by atoms with Crippen LogP contribution in [-0.2, 0) is 9.59 Å². The van der Waals surface area contributed by atoms with Crippen LogP contribution in [0.25, 0.3) is 5.76 Å². The molecule has 0 spiro atoms. The monoisotopic (exact) mass is 483 g/mol. The number of aromatic nitrogens is 1. The first-order valence-electron chi connectivity index (χ1n) is 12.0. The van der Waals surface area contributed by atoms with Crippen LogP contribution >= 0.6 is 0 Å². The smallest absolute Gasteiger partial charge is 0.295 e. The number of ketones is 1. The summed E-state index contributed by atoms with van der Waals surface area (Å²) in [5, 5.41) is 11.4. The quantitative estimate of drug-likeness (QED) is 0.300. The minimum atomic E-state index is -0.736. The van der Waals surface area contributed by atoms with Gasteiger partial charge in [0.15, 0.2) is 11.5 Å². The summed E-state index contributed by atoms with van der Waals surface area (Å²) in [6.45, 7) is 9.36. The second-order valence-electron chi connectivity index (χ2n) is 9.28. The van der Waals surface area contributed by atoms with Gasteiger partial charge in [0.1, 0.15) is 5.76 Å². The Labute approximate surface area is 207 Å². The Morgan fingerprint density at radius 2 is 1.86 bits per heavy atom. The van der Waals surface area contributed by atoms with Crippen molar-refractivity contribution in [3.05, 3.63) is 51.9 Å². The fourth-order valence-corrected chi connectivity index (χ4v) is 4.60. The molecule has 2 aromatic rings. The average Bonchev–Trinajstić information content (AvgIpc) is 3.22. The molecule has 190 valence electrons. The second-order valence-corrected chi connectivity index (χ2v) is 9.28. The molecule has 0 aliphatic carbocycles. The normalized spacial score (nSPS) is 17.5. The van der Waals surface area contributed by atoms with E-state index in [0.717, 1.165) is 29.9 Å². The lowest BCUT2D eigenvalue weighted by molar-refractivity contribution is -0.139. The Balaban J connectivity index is 2.17. The molecule has 1 aliphatic heterocycles. The molecular formula is C27H37N3O5. The lowest BCUT2D eigenvalue weighted by atomic mass is 9.93. The van der Waals surface area contributed by atoms with E-state index in [1.54, 1.807) is 24.1 Å². The van der Waals surface area contributed by atoms with Gasteiger partial charge in [0.25, 0.3) is 11.7 Å². The molecule has 0 saturated carbocycles. The van der Waals surface area contributed by atoms with Crippen molar-refractivity contribution in [2.75, 3.05) is 40.9 Å². The number of aryl methyl sites for hydroxylation is 2. The largest absolute Gasteiger partial charge is 0.507 e. The molecule has 3 rings (SSSR count). The number of hydrogen-bond donors (Lipinski definition) is 2. The van der Waals surface area contributed by atoms with Gasteiger partial charge in [-0.2, -0.15) is 0 Å². The zero-order valence-electron chi connectivity index (χ0n) is 21.8. The molecule has 35 heavy (non-hydrogen) atoms.